The normalized spacial score (nSPS) is 9.13. The molecule has 0 bridgehead atoms. The average Bonchev–Trinajstić information content (AvgIpc) is 2.26. The Hall–Kier alpha value is -1.86. The van der Waals surface area contributed by atoms with E-state index in [-0.39, 0.29) is 21.7 Å². The number of aldehydes is 1. The Morgan fingerprint density at radius 2 is 2.27 bits per heavy atom. The molecular weight excluding hydrogens is 218 g/mol. The van der Waals surface area contributed by atoms with Crippen LogP contribution in [0.15, 0.2) is 12.1 Å². The number of nitriles is 1. The summed E-state index contributed by atoms with van der Waals surface area (Å²) in [5.74, 6) is -0.607. The molecule has 5 heteroatoms. The Labute approximate surface area is 91.0 Å². The average molecular weight is 224 g/mol. The lowest BCUT2D eigenvalue weighted by atomic mass is 10.1. The lowest BCUT2D eigenvalue weighted by Crippen LogP contribution is -2.03. The van der Waals surface area contributed by atoms with Crippen molar-refractivity contribution in [3.05, 3.63) is 33.8 Å². The van der Waals surface area contributed by atoms with Crippen LogP contribution < -0.4 is 0 Å². The van der Waals surface area contributed by atoms with Crippen LogP contribution in [0.2, 0.25) is 5.02 Å². The number of carbonyl (C=O) groups is 2. The standard InChI is InChI=1S/C10H6ClNO3/c1-15-10(14)6-2-7(5-13)8(4-12)9(11)3-6/h2-3,5H,1H3. The maximum Gasteiger partial charge on any atom is 0.337 e. The molecule has 0 atom stereocenters. The van der Waals surface area contributed by atoms with E-state index in [9.17, 15) is 9.59 Å². The van der Waals surface area contributed by atoms with E-state index in [0.717, 1.165) is 0 Å². The van der Waals surface area contributed by atoms with Gasteiger partial charge in [0, 0.05) is 5.56 Å². The molecule has 0 saturated carbocycles. The van der Waals surface area contributed by atoms with Gasteiger partial charge in [-0.1, -0.05) is 11.6 Å². The van der Waals surface area contributed by atoms with Crippen molar-refractivity contribution in [2.75, 3.05) is 7.11 Å². The first-order valence-electron chi connectivity index (χ1n) is 3.91. The quantitative estimate of drug-likeness (QED) is 0.567. The van der Waals surface area contributed by atoms with Crippen LogP contribution in [0.5, 0.6) is 0 Å². The summed E-state index contributed by atoms with van der Waals surface area (Å²) < 4.78 is 4.47. The highest BCUT2D eigenvalue weighted by Crippen LogP contribution is 2.21. The largest absolute Gasteiger partial charge is 0.465 e. The number of methoxy groups -OCH3 is 1. The van der Waals surface area contributed by atoms with Crippen LogP contribution in [-0.4, -0.2) is 19.4 Å². The molecule has 0 aromatic heterocycles. The molecule has 0 fully saturated rings. The van der Waals surface area contributed by atoms with Gasteiger partial charge in [-0.3, -0.25) is 4.79 Å². The second-order valence-electron chi connectivity index (χ2n) is 2.64. The summed E-state index contributed by atoms with van der Waals surface area (Å²) in [4.78, 5) is 21.8. The lowest BCUT2D eigenvalue weighted by Gasteiger charge is -2.03. The van der Waals surface area contributed by atoms with Crippen molar-refractivity contribution < 1.29 is 14.3 Å². The van der Waals surface area contributed by atoms with E-state index < -0.39 is 5.97 Å². The summed E-state index contributed by atoms with van der Waals surface area (Å²) in [7, 11) is 1.22. The highest BCUT2D eigenvalue weighted by atomic mass is 35.5. The van der Waals surface area contributed by atoms with Gasteiger partial charge in [-0.2, -0.15) is 5.26 Å². The van der Waals surface area contributed by atoms with Crippen LogP contribution in [0, 0.1) is 11.3 Å². The first-order valence-corrected chi connectivity index (χ1v) is 4.29. The molecule has 76 valence electrons. The van der Waals surface area contributed by atoms with Crippen LogP contribution in [0.1, 0.15) is 26.3 Å². The van der Waals surface area contributed by atoms with Crippen molar-refractivity contribution in [2.24, 2.45) is 0 Å². The van der Waals surface area contributed by atoms with Gasteiger partial charge in [-0.15, -0.1) is 0 Å². The fourth-order valence-corrected chi connectivity index (χ4v) is 1.34. The molecule has 0 aliphatic rings. The molecule has 0 amide bonds. The fraction of sp³-hybridized carbons (Fsp3) is 0.100. The molecule has 0 N–H and O–H groups in total. The van der Waals surface area contributed by atoms with E-state index in [1.54, 1.807) is 6.07 Å². The summed E-state index contributed by atoms with van der Waals surface area (Å²) in [6.45, 7) is 0. The third-order valence-electron chi connectivity index (χ3n) is 1.78. The Morgan fingerprint density at radius 1 is 1.60 bits per heavy atom. The third kappa shape index (κ3) is 2.14. The minimum absolute atomic E-state index is 0.0549. The van der Waals surface area contributed by atoms with Crippen molar-refractivity contribution in [1.29, 1.82) is 5.26 Å². The number of benzene rings is 1. The Balaban J connectivity index is 3.39. The molecular formula is C10H6ClNO3. The number of rotatable bonds is 2. The third-order valence-corrected chi connectivity index (χ3v) is 2.08. The van der Waals surface area contributed by atoms with Gasteiger partial charge in [0.25, 0.3) is 0 Å². The first kappa shape index (κ1) is 11.2. The molecule has 0 radical (unpaired) electrons. The maximum atomic E-state index is 11.2. The second kappa shape index (κ2) is 4.58. The van der Waals surface area contributed by atoms with Crippen molar-refractivity contribution in [3.63, 3.8) is 0 Å². The molecule has 1 rings (SSSR count). The van der Waals surface area contributed by atoms with E-state index in [0.29, 0.717) is 6.29 Å². The Kier molecular flexibility index (Phi) is 3.42. The van der Waals surface area contributed by atoms with E-state index in [4.69, 9.17) is 16.9 Å². The zero-order chi connectivity index (χ0) is 11.4. The van der Waals surface area contributed by atoms with Gasteiger partial charge in [0.15, 0.2) is 6.29 Å². The molecule has 1 aromatic rings. The Morgan fingerprint density at radius 3 is 2.73 bits per heavy atom. The molecule has 0 unspecified atom stereocenters. The van der Waals surface area contributed by atoms with E-state index >= 15 is 0 Å². The predicted molar refractivity (Wildman–Crippen MR) is 52.9 cm³/mol. The first-order chi connectivity index (χ1) is 7.13. The van der Waals surface area contributed by atoms with Gasteiger partial charge in [0.05, 0.1) is 23.3 Å². The van der Waals surface area contributed by atoms with Gasteiger partial charge in [-0.05, 0) is 12.1 Å². The summed E-state index contributed by atoms with van der Waals surface area (Å²) in [5.41, 5.74) is 0.272. The predicted octanol–water partition coefficient (Wildman–Crippen LogP) is 1.81. The van der Waals surface area contributed by atoms with Crippen molar-refractivity contribution in [3.8, 4) is 6.07 Å². The SMILES string of the molecule is COC(=O)c1cc(Cl)c(C#N)c(C=O)c1. The number of esters is 1. The van der Waals surface area contributed by atoms with Gasteiger partial charge < -0.3 is 4.74 Å². The summed E-state index contributed by atoms with van der Waals surface area (Å²) in [6.07, 6.45) is 0.469. The molecule has 0 aliphatic carbocycles. The second-order valence-corrected chi connectivity index (χ2v) is 3.05. The van der Waals surface area contributed by atoms with Gasteiger partial charge in [0.2, 0.25) is 0 Å². The van der Waals surface area contributed by atoms with Crippen molar-refractivity contribution in [1.82, 2.24) is 0 Å². The summed E-state index contributed by atoms with van der Waals surface area (Å²) in [5, 5.41) is 8.77. The van der Waals surface area contributed by atoms with Crippen LogP contribution >= 0.6 is 11.6 Å². The monoisotopic (exact) mass is 223 g/mol. The van der Waals surface area contributed by atoms with Crippen LogP contribution in [0.4, 0.5) is 0 Å². The summed E-state index contributed by atoms with van der Waals surface area (Å²) >= 11 is 5.73. The molecule has 0 heterocycles. The number of ether oxygens (including phenoxy) is 1. The minimum atomic E-state index is -0.607. The van der Waals surface area contributed by atoms with Crippen molar-refractivity contribution >= 4 is 23.9 Å². The summed E-state index contributed by atoms with van der Waals surface area (Å²) in [6, 6.07) is 4.34. The molecule has 0 aliphatic heterocycles. The zero-order valence-electron chi connectivity index (χ0n) is 7.78. The number of carbonyl (C=O) groups excluding carboxylic acids is 2. The van der Waals surface area contributed by atoms with Gasteiger partial charge in [0.1, 0.15) is 6.07 Å². The van der Waals surface area contributed by atoms with Crippen LogP contribution in [0.3, 0.4) is 0 Å². The Bertz CT molecular complexity index is 462. The van der Waals surface area contributed by atoms with E-state index in [1.165, 1.54) is 19.2 Å². The van der Waals surface area contributed by atoms with E-state index in [1.807, 2.05) is 0 Å². The molecule has 0 spiro atoms. The highest BCUT2D eigenvalue weighted by molar-refractivity contribution is 6.32. The number of hydrogen-bond donors (Lipinski definition) is 0. The van der Waals surface area contributed by atoms with Crippen LogP contribution in [-0.2, 0) is 4.74 Å². The zero-order valence-corrected chi connectivity index (χ0v) is 8.54. The van der Waals surface area contributed by atoms with Gasteiger partial charge >= 0.3 is 5.97 Å². The lowest BCUT2D eigenvalue weighted by molar-refractivity contribution is 0.0600. The minimum Gasteiger partial charge on any atom is -0.465 e. The topological polar surface area (TPSA) is 67.2 Å². The fourth-order valence-electron chi connectivity index (χ4n) is 1.07. The molecule has 0 saturated heterocycles. The molecule has 4 nitrogen and oxygen atoms in total. The van der Waals surface area contributed by atoms with Crippen LogP contribution in [0.25, 0.3) is 0 Å². The molecule has 1 aromatic carbocycles. The van der Waals surface area contributed by atoms with Gasteiger partial charge in [-0.25, -0.2) is 4.79 Å². The maximum absolute atomic E-state index is 11.2. The number of halogens is 1. The smallest absolute Gasteiger partial charge is 0.337 e. The highest BCUT2D eigenvalue weighted by Gasteiger charge is 2.13. The van der Waals surface area contributed by atoms with Crippen molar-refractivity contribution in [2.45, 2.75) is 0 Å². The number of hydrogen-bond acceptors (Lipinski definition) is 4. The number of nitrogens with zero attached hydrogens (tertiary/aromatic N) is 1. The van der Waals surface area contributed by atoms with E-state index in [2.05, 4.69) is 4.74 Å². The molecule has 15 heavy (non-hydrogen) atoms.